The fourth-order valence-corrected chi connectivity index (χ4v) is 2.06. The number of aromatic nitrogens is 1. The molecule has 0 spiro atoms. The number of anilines is 2. The molecule has 3 N–H and O–H groups in total. The van der Waals surface area contributed by atoms with Gasteiger partial charge in [0.25, 0.3) is 0 Å². The highest BCUT2D eigenvalue weighted by Gasteiger charge is 2.16. The Labute approximate surface area is 96.8 Å². The minimum absolute atomic E-state index is 0.763. The van der Waals surface area contributed by atoms with E-state index in [1.807, 2.05) is 6.07 Å². The third kappa shape index (κ3) is 3.10. The monoisotopic (exact) mass is 220 g/mol. The summed E-state index contributed by atoms with van der Waals surface area (Å²) in [5, 5.41) is 3.36. The van der Waals surface area contributed by atoms with Crippen molar-refractivity contribution in [3.8, 4) is 0 Å². The van der Waals surface area contributed by atoms with E-state index >= 15 is 0 Å². The summed E-state index contributed by atoms with van der Waals surface area (Å²) in [6.45, 7) is 3.41. The smallest absolute Gasteiger partial charge is 0.127 e. The molecule has 0 radical (unpaired) electrons. The number of likely N-dealkylation sites (tertiary alicyclic amines) is 1. The molecule has 0 aliphatic carbocycles. The highest BCUT2D eigenvalue weighted by molar-refractivity contribution is 5.48. The predicted molar refractivity (Wildman–Crippen MR) is 67.4 cm³/mol. The van der Waals surface area contributed by atoms with Crippen molar-refractivity contribution in [3.63, 3.8) is 0 Å². The lowest BCUT2D eigenvalue weighted by Gasteiger charge is -2.29. The number of nitrogen functional groups attached to an aromatic ring is 1. The van der Waals surface area contributed by atoms with Crippen LogP contribution in [0.5, 0.6) is 0 Å². The molecule has 0 aromatic carbocycles. The van der Waals surface area contributed by atoms with Crippen molar-refractivity contribution in [2.24, 2.45) is 5.92 Å². The number of hydrogen-bond donors (Lipinski definition) is 2. The van der Waals surface area contributed by atoms with E-state index in [2.05, 4.69) is 22.2 Å². The fraction of sp³-hybridized carbons (Fsp3) is 0.583. The van der Waals surface area contributed by atoms with Crippen LogP contribution in [0.3, 0.4) is 0 Å². The molecule has 0 amide bonds. The first-order valence-corrected chi connectivity index (χ1v) is 5.88. The maximum absolute atomic E-state index is 5.70. The third-order valence-corrected chi connectivity index (χ3v) is 3.19. The van der Waals surface area contributed by atoms with Crippen LogP contribution >= 0.6 is 0 Å². The first-order valence-electron chi connectivity index (χ1n) is 5.88. The van der Waals surface area contributed by atoms with Crippen molar-refractivity contribution >= 4 is 11.5 Å². The Kier molecular flexibility index (Phi) is 3.62. The minimum atomic E-state index is 0.763. The second-order valence-corrected chi connectivity index (χ2v) is 4.60. The van der Waals surface area contributed by atoms with Gasteiger partial charge in [-0.3, -0.25) is 0 Å². The molecule has 1 aromatic rings. The normalized spacial score (nSPS) is 18.6. The summed E-state index contributed by atoms with van der Waals surface area (Å²) >= 11 is 0. The van der Waals surface area contributed by atoms with Gasteiger partial charge in [-0.2, -0.15) is 0 Å². The van der Waals surface area contributed by atoms with Crippen molar-refractivity contribution in [1.82, 2.24) is 9.88 Å². The van der Waals surface area contributed by atoms with Crippen LogP contribution in [0, 0.1) is 5.92 Å². The summed E-state index contributed by atoms with van der Waals surface area (Å²) in [4.78, 5) is 6.62. The molecule has 4 heteroatoms. The number of rotatable bonds is 3. The Morgan fingerprint density at radius 3 is 2.94 bits per heavy atom. The molecular weight excluding hydrogens is 200 g/mol. The predicted octanol–water partition coefficient (Wildman–Crippen LogP) is 1.42. The van der Waals surface area contributed by atoms with Gasteiger partial charge in [-0.1, -0.05) is 0 Å². The summed E-state index contributed by atoms with van der Waals surface area (Å²) in [6.07, 6.45) is 4.28. The van der Waals surface area contributed by atoms with Crippen LogP contribution < -0.4 is 11.1 Å². The van der Waals surface area contributed by atoms with E-state index < -0.39 is 0 Å². The lowest BCUT2D eigenvalue weighted by molar-refractivity contribution is 0.226. The van der Waals surface area contributed by atoms with Gasteiger partial charge in [-0.05, 0) is 45.0 Å². The van der Waals surface area contributed by atoms with Crippen LogP contribution in [0.25, 0.3) is 0 Å². The van der Waals surface area contributed by atoms with E-state index in [4.69, 9.17) is 5.73 Å². The van der Waals surface area contributed by atoms with Gasteiger partial charge in [-0.25, -0.2) is 4.98 Å². The number of nitrogens with zero attached hydrogens (tertiary/aromatic N) is 2. The summed E-state index contributed by atoms with van der Waals surface area (Å²) in [5.74, 6) is 1.65. The molecule has 2 heterocycles. The number of nitrogens with two attached hydrogens (primary N) is 1. The maximum atomic E-state index is 5.70. The van der Waals surface area contributed by atoms with Crippen LogP contribution in [-0.4, -0.2) is 36.6 Å². The van der Waals surface area contributed by atoms with Crippen molar-refractivity contribution in [3.05, 3.63) is 18.3 Å². The van der Waals surface area contributed by atoms with Gasteiger partial charge >= 0.3 is 0 Å². The topological polar surface area (TPSA) is 54.2 Å². The van der Waals surface area contributed by atoms with Crippen molar-refractivity contribution < 1.29 is 0 Å². The summed E-state index contributed by atoms with van der Waals surface area (Å²) in [7, 11) is 2.18. The lowest BCUT2D eigenvalue weighted by atomic mass is 9.97. The highest BCUT2D eigenvalue weighted by Crippen LogP contribution is 2.17. The lowest BCUT2D eigenvalue weighted by Crippen LogP contribution is -2.33. The minimum Gasteiger partial charge on any atom is -0.399 e. The number of hydrogen-bond acceptors (Lipinski definition) is 4. The van der Waals surface area contributed by atoms with E-state index in [9.17, 15) is 0 Å². The Morgan fingerprint density at radius 2 is 2.25 bits per heavy atom. The molecule has 4 nitrogen and oxygen atoms in total. The van der Waals surface area contributed by atoms with Crippen LogP contribution in [-0.2, 0) is 0 Å². The molecule has 1 fully saturated rings. The molecule has 0 unspecified atom stereocenters. The quantitative estimate of drug-likeness (QED) is 0.809. The van der Waals surface area contributed by atoms with Crippen LogP contribution in [0.4, 0.5) is 11.5 Å². The second-order valence-electron chi connectivity index (χ2n) is 4.60. The average molecular weight is 220 g/mol. The second kappa shape index (κ2) is 5.16. The van der Waals surface area contributed by atoms with Crippen LogP contribution in [0.2, 0.25) is 0 Å². The molecule has 1 aromatic heterocycles. The molecule has 1 aliphatic rings. The highest BCUT2D eigenvalue weighted by atomic mass is 15.1. The molecule has 1 aliphatic heterocycles. The first-order chi connectivity index (χ1) is 7.74. The zero-order valence-corrected chi connectivity index (χ0v) is 9.82. The van der Waals surface area contributed by atoms with Crippen LogP contribution in [0.15, 0.2) is 18.3 Å². The van der Waals surface area contributed by atoms with E-state index in [1.165, 1.54) is 25.9 Å². The standard InChI is InChI=1S/C12H20N4/c1-16-6-3-10(4-7-16)9-15-12-8-11(13)2-5-14-12/h2,5,8,10H,3-4,6-7,9H2,1H3,(H3,13,14,15). The van der Waals surface area contributed by atoms with Gasteiger partial charge < -0.3 is 16.0 Å². The van der Waals surface area contributed by atoms with Gasteiger partial charge in [0.1, 0.15) is 5.82 Å². The van der Waals surface area contributed by atoms with E-state index in [0.717, 1.165) is 24.0 Å². The van der Waals surface area contributed by atoms with Gasteiger partial charge in [0, 0.05) is 24.5 Å². The molecule has 16 heavy (non-hydrogen) atoms. The first kappa shape index (κ1) is 11.2. The number of nitrogens with one attached hydrogen (secondary N) is 1. The van der Waals surface area contributed by atoms with Gasteiger partial charge in [0.05, 0.1) is 0 Å². The van der Waals surface area contributed by atoms with Gasteiger partial charge in [-0.15, -0.1) is 0 Å². The maximum Gasteiger partial charge on any atom is 0.127 e. The van der Waals surface area contributed by atoms with Gasteiger partial charge in [0.2, 0.25) is 0 Å². The van der Waals surface area contributed by atoms with Crippen molar-refractivity contribution in [1.29, 1.82) is 0 Å². The zero-order valence-electron chi connectivity index (χ0n) is 9.82. The Hall–Kier alpha value is -1.29. The van der Waals surface area contributed by atoms with Crippen LogP contribution in [0.1, 0.15) is 12.8 Å². The molecule has 2 rings (SSSR count). The summed E-state index contributed by atoms with van der Waals surface area (Å²) in [6, 6.07) is 3.69. The van der Waals surface area contributed by atoms with Crippen molar-refractivity contribution in [2.75, 3.05) is 37.7 Å². The SMILES string of the molecule is CN1CCC(CNc2cc(N)ccn2)CC1. The van der Waals surface area contributed by atoms with E-state index in [0.29, 0.717) is 0 Å². The number of piperidine rings is 1. The van der Waals surface area contributed by atoms with Crippen molar-refractivity contribution in [2.45, 2.75) is 12.8 Å². The van der Waals surface area contributed by atoms with E-state index in [1.54, 1.807) is 12.3 Å². The van der Waals surface area contributed by atoms with Gasteiger partial charge in [0.15, 0.2) is 0 Å². The summed E-state index contributed by atoms with van der Waals surface area (Å²) < 4.78 is 0. The molecular formula is C12H20N4. The molecule has 0 saturated carbocycles. The molecule has 0 bridgehead atoms. The summed E-state index contributed by atoms with van der Waals surface area (Å²) in [5.41, 5.74) is 6.46. The Balaban J connectivity index is 1.79. The number of pyridine rings is 1. The molecule has 1 saturated heterocycles. The zero-order chi connectivity index (χ0) is 11.4. The molecule has 88 valence electrons. The molecule has 0 atom stereocenters. The largest absolute Gasteiger partial charge is 0.399 e. The Bertz CT molecular complexity index is 332. The fourth-order valence-electron chi connectivity index (χ4n) is 2.06. The Morgan fingerprint density at radius 1 is 1.50 bits per heavy atom. The third-order valence-electron chi connectivity index (χ3n) is 3.19. The average Bonchev–Trinajstić information content (AvgIpc) is 2.28. The van der Waals surface area contributed by atoms with E-state index in [-0.39, 0.29) is 0 Å².